The van der Waals surface area contributed by atoms with E-state index in [2.05, 4.69) is 17.6 Å². The molecular formula is C20H40N2O4. The van der Waals surface area contributed by atoms with Gasteiger partial charge in [-0.1, -0.05) is 77.6 Å². The van der Waals surface area contributed by atoms with Crippen molar-refractivity contribution in [1.29, 1.82) is 0 Å². The molecule has 0 atom stereocenters. The number of hydrogen-bond donors (Lipinski definition) is 3. The Morgan fingerprint density at radius 1 is 0.692 bits per heavy atom. The molecule has 0 aromatic rings. The van der Waals surface area contributed by atoms with Crippen LogP contribution in [0.4, 0.5) is 9.59 Å². The molecule has 0 unspecified atom stereocenters. The van der Waals surface area contributed by atoms with Crippen LogP contribution in [0.3, 0.4) is 0 Å². The van der Waals surface area contributed by atoms with Crippen molar-refractivity contribution in [2.24, 2.45) is 0 Å². The highest BCUT2D eigenvalue weighted by Crippen LogP contribution is 2.10. The lowest BCUT2D eigenvalue weighted by Crippen LogP contribution is -2.25. The Labute approximate surface area is 159 Å². The number of unbranched alkanes of at least 4 members (excludes halogenated alkanes) is 12. The average molecular weight is 373 g/mol. The van der Waals surface area contributed by atoms with Gasteiger partial charge in [-0.05, 0) is 19.3 Å². The first-order chi connectivity index (χ1) is 12.7. The lowest BCUT2D eigenvalue weighted by molar-refractivity contribution is 0.143. The Balaban J connectivity index is 3.16. The average Bonchev–Trinajstić information content (AvgIpc) is 2.61. The zero-order chi connectivity index (χ0) is 19.3. The summed E-state index contributed by atoms with van der Waals surface area (Å²) in [5.74, 6) is 0. The third-order valence-electron chi connectivity index (χ3n) is 4.38. The van der Waals surface area contributed by atoms with Crippen LogP contribution in [-0.2, 0) is 4.74 Å². The number of ether oxygens (including phenoxy) is 1. The van der Waals surface area contributed by atoms with Gasteiger partial charge in [0.25, 0.3) is 0 Å². The van der Waals surface area contributed by atoms with Gasteiger partial charge in [-0.2, -0.15) is 0 Å². The number of rotatable bonds is 18. The molecule has 0 saturated carbocycles. The second kappa shape index (κ2) is 19.9. The van der Waals surface area contributed by atoms with Crippen LogP contribution in [0, 0.1) is 0 Å². The molecule has 26 heavy (non-hydrogen) atoms. The van der Waals surface area contributed by atoms with E-state index in [1.165, 1.54) is 51.4 Å². The van der Waals surface area contributed by atoms with E-state index in [0.717, 1.165) is 38.5 Å². The lowest BCUT2D eigenvalue weighted by Gasteiger charge is -2.07. The number of carboxylic acid groups (broad SMARTS) is 1. The lowest BCUT2D eigenvalue weighted by atomic mass is 10.1. The van der Waals surface area contributed by atoms with Crippen molar-refractivity contribution >= 4 is 12.2 Å². The van der Waals surface area contributed by atoms with Crippen LogP contribution in [-0.4, -0.2) is 37.0 Å². The predicted octanol–water partition coefficient (Wildman–Crippen LogP) is 5.46. The van der Waals surface area contributed by atoms with E-state index in [1.807, 2.05) is 0 Å². The second-order valence-electron chi connectivity index (χ2n) is 6.89. The minimum absolute atomic E-state index is 0.325. The molecule has 0 heterocycles. The van der Waals surface area contributed by atoms with Gasteiger partial charge in [0, 0.05) is 13.1 Å². The fourth-order valence-electron chi connectivity index (χ4n) is 2.79. The Kier molecular flexibility index (Phi) is 18.7. The van der Waals surface area contributed by atoms with Crippen LogP contribution in [0.5, 0.6) is 0 Å². The maximum absolute atomic E-state index is 11.5. The standard InChI is InChI=1S/C20H40N2O4/c1-2-3-4-5-6-7-8-9-12-15-18-26-20(25)22-17-14-11-10-13-16-21-19(23)24/h21H,2-18H2,1H3,(H,22,25)(H,23,24). The van der Waals surface area contributed by atoms with Gasteiger partial charge in [0.15, 0.2) is 0 Å². The Morgan fingerprint density at radius 2 is 1.15 bits per heavy atom. The van der Waals surface area contributed by atoms with Crippen molar-refractivity contribution in [2.45, 2.75) is 96.8 Å². The molecule has 0 aromatic carbocycles. The smallest absolute Gasteiger partial charge is 0.407 e. The van der Waals surface area contributed by atoms with Crippen LogP contribution in [0.25, 0.3) is 0 Å². The molecule has 0 aliphatic rings. The summed E-state index contributed by atoms with van der Waals surface area (Å²) in [6.07, 6.45) is 15.0. The summed E-state index contributed by atoms with van der Waals surface area (Å²) < 4.78 is 5.16. The topological polar surface area (TPSA) is 87.7 Å². The second-order valence-corrected chi connectivity index (χ2v) is 6.89. The summed E-state index contributed by atoms with van der Waals surface area (Å²) in [4.78, 5) is 21.8. The van der Waals surface area contributed by atoms with Gasteiger partial charge in [0.05, 0.1) is 6.61 Å². The molecule has 0 fully saturated rings. The number of nitrogens with one attached hydrogen (secondary N) is 2. The zero-order valence-corrected chi connectivity index (χ0v) is 16.7. The molecule has 0 aromatic heterocycles. The summed E-state index contributed by atoms with van der Waals surface area (Å²) in [6.45, 7) is 3.85. The van der Waals surface area contributed by atoms with Crippen LogP contribution in [0.15, 0.2) is 0 Å². The molecule has 0 saturated heterocycles. The van der Waals surface area contributed by atoms with E-state index in [4.69, 9.17) is 9.84 Å². The molecule has 2 amide bonds. The summed E-state index contributed by atoms with van der Waals surface area (Å²) in [5.41, 5.74) is 0. The molecule has 0 bridgehead atoms. The molecule has 0 radical (unpaired) electrons. The number of hydrogen-bond acceptors (Lipinski definition) is 3. The summed E-state index contributed by atoms with van der Waals surface area (Å²) in [7, 11) is 0. The number of alkyl carbamates (subject to hydrolysis) is 1. The first-order valence-electron chi connectivity index (χ1n) is 10.5. The summed E-state index contributed by atoms with van der Waals surface area (Å²) in [5, 5.41) is 13.5. The minimum atomic E-state index is -0.975. The fraction of sp³-hybridized carbons (Fsp3) is 0.900. The normalized spacial score (nSPS) is 10.5. The number of carbonyl (C=O) groups is 2. The van der Waals surface area contributed by atoms with E-state index in [9.17, 15) is 9.59 Å². The van der Waals surface area contributed by atoms with Crippen LogP contribution >= 0.6 is 0 Å². The fourth-order valence-corrected chi connectivity index (χ4v) is 2.79. The maximum atomic E-state index is 11.5. The Bertz CT molecular complexity index is 338. The van der Waals surface area contributed by atoms with Gasteiger partial charge in [-0.25, -0.2) is 9.59 Å². The van der Waals surface area contributed by atoms with E-state index >= 15 is 0 Å². The first kappa shape index (κ1) is 24.5. The third kappa shape index (κ3) is 20.6. The molecule has 0 spiro atoms. The van der Waals surface area contributed by atoms with Gasteiger partial charge < -0.3 is 20.5 Å². The predicted molar refractivity (Wildman–Crippen MR) is 106 cm³/mol. The Hall–Kier alpha value is -1.46. The van der Waals surface area contributed by atoms with E-state index in [-0.39, 0.29) is 6.09 Å². The third-order valence-corrected chi connectivity index (χ3v) is 4.38. The summed E-state index contributed by atoms with van der Waals surface area (Å²) in [6, 6.07) is 0. The van der Waals surface area contributed by atoms with Gasteiger partial charge in [-0.15, -0.1) is 0 Å². The molecule has 3 N–H and O–H groups in total. The van der Waals surface area contributed by atoms with Crippen molar-refractivity contribution < 1.29 is 19.4 Å². The highest BCUT2D eigenvalue weighted by Gasteiger charge is 2.01. The highest BCUT2D eigenvalue weighted by molar-refractivity contribution is 5.66. The molecule has 6 nitrogen and oxygen atoms in total. The van der Waals surface area contributed by atoms with E-state index in [1.54, 1.807) is 0 Å². The number of carbonyl (C=O) groups excluding carboxylic acids is 1. The molecule has 154 valence electrons. The minimum Gasteiger partial charge on any atom is -0.465 e. The largest absolute Gasteiger partial charge is 0.465 e. The zero-order valence-electron chi connectivity index (χ0n) is 16.7. The summed E-state index contributed by atoms with van der Waals surface area (Å²) >= 11 is 0. The molecule has 0 rings (SSSR count). The van der Waals surface area contributed by atoms with Crippen molar-refractivity contribution in [2.75, 3.05) is 19.7 Å². The van der Waals surface area contributed by atoms with Gasteiger partial charge >= 0.3 is 12.2 Å². The molecule has 6 heteroatoms. The number of amides is 2. The van der Waals surface area contributed by atoms with Crippen LogP contribution < -0.4 is 10.6 Å². The van der Waals surface area contributed by atoms with Gasteiger partial charge in [0.1, 0.15) is 0 Å². The molecule has 0 aliphatic carbocycles. The van der Waals surface area contributed by atoms with E-state index in [0.29, 0.717) is 19.7 Å². The van der Waals surface area contributed by atoms with Crippen molar-refractivity contribution in [3.05, 3.63) is 0 Å². The Morgan fingerprint density at radius 3 is 1.69 bits per heavy atom. The van der Waals surface area contributed by atoms with Crippen molar-refractivity contribution in [3.8, 4) is 0 Å². The molecular weight excluding hydrogens is 332 g/mol. The van der Waals surface area contributed by atoms with Crippen molar-refractivity contribution in [3.63, 3.8) is 0 Å². The highest BCUT2D eigenvalue weighted by atomic mass is 16.5. The van der Waals surface area contributed by atoms with Gasteiger partial charge in [-0.3, -0.25) is 0 Å². The quantitative estimate of drug-likeness (QED) is 0.279. The van der Waals surface area contributed by atoms with Crippen LogP contribution in [0.1, 0.15) is 96.8 Å². The first-order valence-corrected chi connectivity index (χ1v) is 10.5. The maximum Gasteiger partial charge on any atom is 0.407 e. The van der Waals surface area contributed by atoms with Gasteiger partial charge in [0.2, 0.25) is 0 Å². The monoisotopic (exact) mass is 372 g/mol. The van der Waals surface area contributed by atoms with Crippen molar-refractivity contribution in [1.82, 2.24) is 10.6 Å². The van der Waals surface area contributed by atoms with Crippen LogP contribution in [0.2, 0.25) is 0 Å². The van der Waals surface area contributed by atoms with E-state index < -0.39 is 6.09 Å². The SMILES string of the molecule is CCCCCCCCCCCCOC(=O)NCCCCCCNC(=O)O. The molecule has 0 aliphatic heterocycles.